The molecule has 3 aromatic rings. The molecule has 30 heavy (non-hydrogen) atoms. The molecule has 0 N–H and O–H groups in total. The molecule has 1 unspecified atom stereocenters. The van der Waals surface area contributed by atoms with Gasteiger partial charge in [0.1, 0.15) is 5.82 Å². The number of aromatic nitrogens is 2. The van der Waals surface area contributed by atoms with Gasteiger partial charge in [0.05, 0.1) is 25.5 Å². The van der Waals surface area contributed by atoms with E-state index in [2.05, 4.69) is 21.5 Å². The molecule has 0 radical (unpaired) electrons. The highest BCUT2D eigenvalue weighted by Gasteiger charge is 2.19. The molecule has 0 aliphatic carbocycles. The standard InChI is InChI=1S/C23H26ClN3O2S/c1-3-4-11-22-26-15-18(27(22)16-17-8-5-6-10-20(17)24)14-25-21(23(28)29-2)13-19-9-7-12-30-19/h5-10,12,14-15,21H,3-4,11,13,16H2,1-2H3. The highest BCUT2D eigenvalue weighted by molar-refractivity contribution is 7.09. The maximum absolute atomic E-state index is 12.3. The van der Waals surface area contributed by atoms with Crippen molar-refractivity contribution in [2.24, 2.45) is 4.99 Å². The number of ether oxygens (including phenoxy) is 1. The number of esters is 1. The Morgan fingerprint density at radius 2 is 2.17 bits per heavy atom. The average molecular weight is 444 g/mol. The van der Waals surface area contributed by atoms with Gasteiger partial charge in [0.15, 0.2) is 6.04 Å². The second kappa shape index (κ2) is 11.1. The van der Waals surface area contributed by atoms with Gasteiger partial charge in [-0.1, -0.05) is 49.2 Å². The predicted molar refractivity (Wildman–Crippen MR) is 123 cm³/mol. The largest absolute Gasteiger partial charge is 0.467 e. The molecule has 2 heterocycles. The lowest BCUT2D eigenvalue weighted by molar-refractivity contribution is -0.142. The van der Waals surface area contributed by atoms with E-state index in [-0.39, 0.29) is 5.97 Å². The van der Waals surface area contributed by atoms with Crippen LogP contribution >= 0.6 is 22.9 Å². The first-order valence-electron chi connectivity index (χ1n) is 10.0. The minimum Gasteiger partial charge on any atom is -0.467 e. The molecule has 1 aromatic carbocycles. The molecule has 1 atom stereocenters. The minimum atomic E-state index is -0.587. The van der Waals surface area contributed by atoms with E-state index >= 15 is 0 Å². The first-order chi connectivity index (χ1) is 14.6. The molecule has 2 aromatic heterocycles. The average Bonchev–Trinajstić information content (AvgIpc) is 3.40. The van der Waals surface area contributed by atoms with Crippen molar-refractivity contribution in [1.29, 1.82) is 0 Å². The van der Waals surface area contributed by atoms with Crippen LogP contribution in [0.4, 0.5) is 0 Å². The molecule has 0 saturated heterocycles. The smallest absolute Gasteiger partial charge is 0.330 e. The number of halogens is 1. The summed E-state index contributed by atoms with van der Waals surface area (Å²) in [6, 6.07) is 11.2. The van der Waals surface area contributed by atoms with E-state index in [0.29, 0.717) is 13.0 Å². The third-order valence-electron chi connectivity index (χ3n) is 4.84. The number of nitrogens with zero attached hydrogens (tertiary/aromatic N) is 3. The Morgan fingerprint density at radius 3 is 2.87 bits per heavy atom. The summed E-state index contributed by atoms with van der Waals surface area (Å²) in [5.74, 6) is 0.647. The van der Waals surface area contributed by atoms with Crippen LogP contribution in [0.1, 0.15) is 41.7 Å². The Morgan fingerprint density at radius 1 is 1.33 bits per heavy atom. The number of carbonyl (C=O) groups excluding carboxylic acids is 1. The molecule has 7 heteroatoms. The van der Waals surface area contributed by atoms with Crippen LogP contribution in [-0.4, -0.2) is 34.9 Å². The summed E-state index contributed by atoms with van der Waals surface area (Å²) in [7, 11) is 1.39. The number of aryl methyl sites for hydroxylation is 1. The van der Waals surface area contributed by atoms with Gasteiger partial charge in [-0.3, -0.25) is 4.99 Å². The maximum Gasteiger partial charge on any atom is 0.330 e. The Hall–Kier alpha value is -2.44. The Balaban J connectivity index is 1.88. The molecule has 158 valence electrons. The van der Waals surface area contributed by atoms with Gasteiger partial charge in [0.25, 0.3) is 0 Å². The summed E-state index contributed by atoms with van der Waals surface area (Å²) in [5, 5.41) is 2.71. The van der Waals surface area contributed by atoms with Crippen molar-refractivity contribution in [3.8, 4) is 0 Å². The number of hydrogen-bond donors (Lipinski definition) is 0. The minimum absolute atomic E-state index is 0.344. The quantitative estimate of drug-likeness (QED) is 0.320. The van der Waals surface area contributed by atoms with Crippen molar-refractivity contribution >= 4 is 35.1 Å². The van der Waals surface area contributed by atoms with E-state index in [1.165, 1.54) is 7.11 Å². The number of aliphatic imine (C=N–C) groups is 1. The summed E-state index contributed by atoms with van der Waals surface area (Å²) < 4.78 is 7.09. The highest BCUT2D eigenvalue weighted by Crippen LogP contribution is 2.19. The molecule has 0 saturated carbocycles. The van der Waals surface area contributed by atoms with E-state index in [4.69, 9.17) is 16.3 Å². The van der Waals surface area contributed by atoms with Crippen LogP contribution in [0.2, 0.25) is 5.02 Å². The van der Waals surface area contributed by atoms with Gasteiger partial charge in [-0.2, -0.15) is 0 Å². The number of rotatable bonds is 10. The SMILES string of the molecule is CCCCc1ncc(C=NC(Cc2cccs2)C(=O)OC)n1Cc1ccccc1Cl. The Bertz CT molecular complexity index is 982. The fraction of sp³-hybridized carbons (Fsp3) is 0.348. The lowest BCUT2D eigenvalue weighted by Crippen LogP contribution is -2.23. The second-order valence-corrected chi connectivity index (χ2v) is 8.42. The number of hydrogen-bond acceptors (Lipinski definition) is 5. The Kier molecular flexibility index (Phi) is 8.22. The van der Waals surface area contributed by atoms with Gasteiger partial charge < -0.3 is 9.30 Å². The number of unbranched alkanes of at least 4 members (excludes halogenated alkanes) is 1. The number of thiophene rings is 1. The number of methoxy groups -OCH3 is 1. The molecule has 0 aliphatic rings. The van der Waals surface area contributed by atoms with Crippen molar-refractivity contribution in [1.82, 2.24) is 9.55 Å². The van der Waals surface area contributed by atoms with Gasteiger partial charge in [0, 0.05) is 29.0 Å². The molecular formula is C23H26ClN3O2S. The zero-order chi connectivity index (χ0) is 21.3. The molecule has 0 aliphatic heterocycles. The van der Waals surface area contributed by atoms with Crippen LogP contribution in [0, 0.1) is 0 Å². The lowest BCUT2D eigenvalue weighted by Gasteiger charge is -2.12. The lowest BCUT2D eigenvalue weighted by atomic mass is 10.2. The highest BCUT2D eigenvalue weighted by atomic mass is 35.5. The summed E-state index contributed by atoms with van der Waals surface area (Å²) in [6.45, 7) is 2.77. The molecule has 5 nitrogen and oxygen atoms in total. The number of imidazole rings is 1. The number of benzene rings is 1. The van der Waals surface area contributed by atoms with Crippen molar-refractivity contribution in [2.45, 2.75) is 45.2 Å². The fourth-order valence-corrected chi connectivity index (χ4v) is 4.10. The first-order valence-corrected chi connectivity index (χ1v) is 11.3. The summed E-state index contributed by atoms with van der Waals surface area (Å²) in [6.07, 6.45) is 7.08. The predicted octanol–water partition coefficient (Wildman–Crippen LogP) is 5.19. The summed E-state index contributed by atoms with van der Waals surface area (Å²) in [4.78, 5) is 22.5. The fourth-order valence-electron chi connectivity index (χ4n) is 3.16. The van der Waals surface area contributed by atoms with Gasteiger partial charge in [-0.15, -0.1) is 11.3 Å². The van der Waals surface area contributed by atoms with Crippen molar-refractivity contribution in [3.05, 3.63) is 75.0 Å². The topological polar surface area (TPSA) is 56.5 Å². The van der Waals surface area contributed by atoms with Crippen LogP contribution in [0.3, 0.4) is 0 Å². The van der Waals surface area contributed by atoms with E-state index < -0.39 is 6.04 Å². The number of carbonyl (C=O) groups is 1. The van der Waals surface area contributed by atoms with E-state index in [1.807, 2.05) is 48.0 Å². The van der Waals surface area contributed by atoms with Crippen molar-refractivity contribution < 1.29 is 9.53 Å². The van der Waals surface area contributed by atoms with E-state index in [1.54, 1.807) is 17.6 Å². The van der Waals surface area contributed by atoms with Crippen LogP contribution in [0.5, 0.6) is 0 Å². The van der Waals surface area contributed by atoms with E-state index in [9.17, 15) is 4.79 Å². The molecule has 0 bridgehead atoms. The summed E-state index contributed by atoms with van der Waals surface area (Å²) >= 11 is 8.00. The van der Waals surface area contributed by atoms with Crippen LogP contribution in [-0.2, 0) is 28.9 Å². The third kappa shape index (κ3) is 5.80. The molecular weight excluding hydrogens is 418 g/mol. The van der Waals surface area contributed by atoms with Gasteiger partial charge in [-0.25, -0.2) is 9.78 Å². The van der Waals surface area contributed by atoms with Gasteiger partial charge in [-0.05, 0) is 29.5 Å². The van der Waals surface area contributed by atoms with Gasteiger partial charge in [0.2, 0.25) is 0 Å². The Labute approximate surface area is 186 Å². The van der Waals surface area contributed by atoms with Crippen LogP contribution in [0.15, 0.2) is 53.0 Å². The second-order valence-electron chi connectivity index (χ2n) is 6.98. The van der Waals surface area contributed by atoms with Crippen molar-refractivity contribution in [3.63, 3.8) is 0 Å². The van der Waals surface area contributed by atoms with Crippen molar-refractivity contribution in [2.75, 3.05) is 7.11 Å². The molecule has 0 spiro atoms. The zero-order valence-corrected chi connectivity index (χ0v) is 18.8. The summed E-state index contributed by atoms with van der Waals surface area (Å²) in [5.41, 5.74) is 1.87. The third-order valence-corrected chi connectivity index (χ3v) is 6.11. The van der Waals surface area contributed by atoms with Gasteiger partial charge >= 0.3 is 5.97 Å². The monoisotopic (exact) mass is 443 g/mol. The zero-order valence-electron chi connectivity index (χ0n) is 17.3. The maximum atomic E-state index is 12.3. The van der Waals surface area contributed by atoms with Crippen LogP contribution in [0.25, 0.3) is 0 Å². The first kappa shape index (κ1) is 22.2. The molecule has 3 rings (SSSR count). The molecule has 0 fully saturated rings. The van der Waals surface area contributed by atoms with Crippen LogP contribution < -0.4 is 0 Å². The normalized spacial score (nSPS) is 12.4. The molecule has 0 amide bonds. The van der Waals surface area contributed by atoms with E-state index in [0.717, 1.165) is 46.2 Å².